The zero-order valence-electron chi connectivity index (χ0n) is 30.7. The topological polar surface area (TPSA) is 170 Å². The molecule has 53 heavy (non-hydrogen) atoms. The zero-order valence-corrected chi connectivity index (χ0v) is 31.5. The molecule has 1 aliphatic heterocycles. The molecule has 1 atom stereocenters. The first-order valence-electron chi connectivity index (χ1n) is 16.5. The Morgan fingerprint density at radius 2 is 1.34 bits per heavy atom. The van der Waals surface area contributed by atoms with Crippen LogP contribution in [0.3, 0.4) is 0 Å². The number of carboxylic acids is 1. The molecule has 4 aromatic rings. The summed E-state index contributed by atoms with van der Waals surface area (Å²) in [7, 11) is 5.53. The summed E-state index contributed by atoms with van der Waals surface area (Å²) >= 11 is 5.99. The lowest BCUT2D eigenvalue weighted by Crippen LogP contribution is -2.21. The summed E-state index contributed by atoms with van der Waals surface area (Å²) in [5.74, 6) is -2.16. The number of halogens is 1. The number of rotatable bonds is 10. The van der Waals surface area contributed by atoms with Crippen LogP contribution in [0.1, 0.15) is 77.0 Å². The van der Waals surface area contributed by atoms with Crippen molar-refractivity contribution in [1.29, 1.82) is 0 Å². The van der Waals surface area contributed by atoms with Gasteiger partial charge in [-0.25, -0.2) is 19.2 Å². The number of nitrogens with zero attached hydrogens (tertiary/aromatic N) is 2. The molecule has 2 aromatic heterocycles. The quantitative estimate of drug-likeness (QED) is 0.130. The van der Waals surface area contributed by atoms with E-state index in [-0.39, 0.29) is 40.5 Å². The number of esters is 3. The number of aromatic nitrogens is 2. The van der Waals surface area contributed by atoms with E-state index < -0.39 is 23.9 Å². The third kappa shape index (κ3) is 8.75. The van der Waals surface area contributed by atoms with Crippen LogP contribution in [0.5, 0.6) is 11.5 Å². The monoisotopic (exact) mass is 748 g/mol. The van der Waals surface area contributed by atoms with Gasteiger partial charge in [0.05, 0.1) is 79.6 Å². The molecule has 1 fully saturated rings. The van der Waals surface area contributed by atoms with E-state index in [0.717, 1.165) is 12.8 Å². The second-order valence-corrected chi connectivity index (χ2v) is 12.3. The molecule has 0 aliphatic carbocycles. The van der Waals surface area contributed by atoms with Crippen molar-refractivity contribution in [2.75, 3.05) is 41.7 Å². The van der Waals surface area contributed by atoms with Crippen LogP contribution in [0.2, 0.25) is 5.02 Å². The van der Waals surface area contributed by atoms with Crippen molar-refractivity contribution in [3.05, 3.63) is 92.5 Å². The molecule has 1 unspecified atom stereocenters. The number of hydrogen-bond acceptors (Lipinski definition) is 12. The van der Waals surface area contributed by atoms with Crippen molar-refractivity contribution in [3.63, 3.8) is 0 Å². The molecule has 0 spiro atoms. The minimum Gasteiger partial charge on any atom is -0.493 e. The molecule has 0 radical (unpaired) electrons. The van der Waals surface area contributed by atoms with E-state index in [1.807, 2.05) is 0 Å². The van der Waals surface area contributed by atoms with E-state index in [4.69, 9.17) is 40.0 Å². The number of para-hydroxylation sites is 1. The Morgan fingerprint density at radius 1 is 0.774 bits per heavy atom. The number of carboxylic acid groups (broad SMARTS) is 1. The lowest BCUT2D eigenvalue weighted by Gasteiger charge is -2.20. The molecule has 1 N–H and O–H groups in total. The van der Waals surface area contributed by atoms with Gasteiger partial charge in [-0.05, 0) is 64.3 Å². The smallest absolute Gasteiger partial charge is 0.340 e. The molecule has 2 aromatic carbocycles. The van der Waals surface area contributed by atoms with Gasteiger partial charge in [-0.2, -0.15) is 0 Å². The van der Waals surface area contributed by atoms with Crippen LogP contribution in [-0.4, -0.2) is 86.7 Å². The lowest BCUT2D eigenvalue weighted by atomic mass is 9.91. The third-order valence-electron chi connectivity index (χ3n) is 8.52. The highest BCUT2D eigenvalue weighted by atomic mass is 35.5. The summed E-state index contributed by atoms with van der Waals surface area (Å²) in [5.41, 5.74) is 3.68. The van der Waals surface area contributed by atoms with Crippen LogP contribution in [0.4, 0.5) is 0 Å². The van der Waals surface area contributed by atoms with E-state index in [0.29, 0.717) is 62.6 Å². The first-order chi connectivity index (χ1) is 25.3. The number of carbonyl (C=O) groups excluding carboxylic acids is 3. The van der Waals surface area contributed by atoms with Gasteiger partial charge in [0.15, 0.2) is 11.5 Å². The average molecular weight is 749 g/mol. The van der Waals surface area contributed by atoms with Gasteiger partial charge < -0.3 is 33.5 Å². The van der Waals surface area contributed by atoms with E-state index >= 15 is 0 Å². The molecule has 1 saturated heterocycles. The van der Waals surface area contributed by atoms with Gasteiger partial charge in [-0.15, -0.1) is 0 Å². The number of pyridine rings is 2. The standard InChI is InChI=1S/C23H27NO7.C16H14ClNO4/c1-13-18(22(25)29-5)20(16-9-6-10-17(27-3)21(16)28-4)19(14(2)24-13)23(26)31-12-15-8-7-11-30-15;1-8-12(15(19)20)14(10-5-4-6-11(17)7-10)13(9(2)18-8)16(21)22-3/h6,9-10,15H,7-8,11-12H2,1-5H3;4-7H,1-3H3,(H,19,20). The number of benzene rings is 2. The summed E-state index contributed by atoms with van der Waals surface area (Å²) in [6, 6.07) is 11.9. The van der Waals surface area contributed by atoms with Crippen LogP contribution in [-0.2, 0) is 18.9 Å². The van der Waals surface area contributed by atoms with Crippen LogP contribution in [0.25, 0.3) is 22.3 Å². The predicted octanol–water partition coefficient (Wildman–Crippen LogP) is 7.01. The summed E-state index contributed by atoms with van der Waals surface area (Å²) < 4.78 is 31.9. The van der Waals surface area contributed by atoms with E-state index in [1.165, 1.54) is 28.4 Å². The molecule has 0 bridgehead atoms. The second-order valence-electron chi connectivity index (χ2n) is 11.9. The number of carbonyl (C=O) groups is 4. The molecule has 13 nitrogen and oxygen atoms in total. The van der Waals surface area contributed by atoms with Gasteiger partial charge in [0.25, 0.3) is 0 Å². The Bertz CT molecular complexity index is 2040. The highest BCUT2D eigenvalue weighted by Crippen LogP contribution is 2.42. The van der Waals surface area contributed by atoms with Crippen molar-refractivity contribution in [2.24, 2.45) is 0 Å². The van der Waals surface area contributed by atoms with E-state index in [1.54, 1.807) is 70.2 Å². The van der Waals surface area contributed by atoms with Gasteiger partial charge in [0.2, 0.25) is 0 Å². The number of aromatic carboxylic acids is 1. The molecule has 3 heterocycles. The predicted molar refractivity (Wildman–Crippen MR) is 195 cm³/mol. The summed E-state index contributed by atoms with van der Waals surface area (Å²) in [5, 5.41) is 9.96. The Balaban J connectivity index is 0.000000251. The van der Waals surface area contributed by atoms with Gasteiger partial charge >= 0.3 is 23.9 Å². The normalized spacial score (nSPS) is 13.3. The van der Waals surface area contributed by atoms with Crippen LogP contribution >= 0.6 is 11.6 Å². The fraction of sp³-hybridized carbons (Fsp3) is 0.333. The summed E-state index contributed by atoms with van der Waals surface area (Å²) in [4.78, 5) is 58.3. The largest absolute Gasteiger partial charge is 0.493 e. The fourth-order valence-corrected chi connectivity index (χ4v) is 6.41. The number of aryl methyl sites for hydroxylation is 4. The van der Waals surface area contributed by atoms with Gasteiger partial charge in [0.1, 0.15) is 6.61 Å². The van der Waals surface area contributed by atoms with Crippen molar-refractivity contribution in [1.82, 2.24) is 9.97 Å². The van der Waals surface area contributed by atoms with Crippen molar-refractivity contribution < 1.29 is 52.7 Å². The first-order valence-corrected chi connectivity index (χ1v) is 16.9. The van der Waals surface area contributed by atoms with Crippen molar-refractivity contribution >= 4 is 35.5 Å². The van der Waals surface area contributed by atoms with Crippen LogP contribution in [0.15, 0.2) is 42.5 Å². The van der Waals surface area contributed by atoms with Crippen LogP contribution in [0, 0.1) is 27.7 Å². The number of ether oxygens (including phenoxy) is 6. The molecular weight excluding hydrogens is 708 g/mol. The number of hydrogen-bond donors (Lipinski definition) is 1. The minimum atomic E-state index is -1.16. The van der Waals surface area contributed by atoms with E-state index in [9.17, 15) is 24.3 Å². The Labute approximate surface area is 312 Å². The molecule has 5 rings (SSSR count). The Morgan fingerprint density at radius 3 is 1.85 bits per heavy atom. The highest BCUT2D eigenvalue weighted by molar-refractivity contribution is 6.31. The van der Waals surface area contributed by atoms with Gasteiger partial charge in [-0.1, -0.05) is 35.9 Å². The zero-order chi connectivity index (χ0) is 39.0. The SMILES string of the molecule is COC(=O)c1c(C)nc(C)c(C(=O)O)c1-c1cccc(Cl)c1.COC(=O)c1c(C)nc(C)c(C(=O)OCC2CCCO2)c1-c1cccc(OC)c1OC. The lowest BCUT2D eigenvalue weighted by molar-refractivity contribution is 0.0161. The summed E-state index contributed by atoms with van der Waals surface area (Å²) in [6.07, 6.45) is 1.65. The Kier molecular flexibility index (Phi) is 13.5. The maximum atomic E-state index is 13.2. The summed E-state index contributed by atoms with van der Waals surface area (Å²) in [6.45, 7) is 7.41. The van der Waals surface area contributed by atoms with Gasteiger partial charge in [-0.3, -0.25) is 9.97 Å². The molecule has 280 valence electrons. The van der Waals surface area contributed by atoms with Crippen molar-refractivity contribution in [2.45, 2.75) is 46.6 Å². The molecular formula is C39H41ClN2O11. The van der Waals surface area contributed by atoms with Crippen LogP contribution < -0.4 is 9.47 Å². The maximum absolute atomic E-state index is 13.2. The fourth-order valence-electron chi connectivity index (χ4n) is 6.22. The molecule has 1 aliphatic rings. The molecule has 14 heteroatoms. The molecule has 0 amide bonds. The van der Waals surface area contributed by atoms with Gasteiger partial charge in [0, 0.05) is 28.3 Å². The number of methoxy groups -OCH3 is 4. The van der Waals surface area contributed by atoms with Crippen molar-refractivity contribution in [3.8, 4) is 33.8 Å². The Hall–Kier alpha value is -5.53. The third-order valence-corrected chi connectivity index (χ3v) is 8.76. The minimum absolute atomic E-state index is 0.0340. The molecule has 0 saturated carbocycles. The van der Waals surface area contributed by atoms with E-state index in [2.05, 4.69) is 9.97 Å². The maximum Gasteiger partial charge on any atom is 0.340 e. The highest BCUT2D eigenvalue weighted by Gasteiger charge is 2.31. The average Bonchev–Trinajstić information content (AvgIpc) is 3.66. The first kappa shape index (κ1) is 40.2. The second kappa shape index (κ2) is 17.8.